The van der Waals surface area contributed by atoms with Gasteiger partial charge in [-0.3, -0.25) is 14.5 Å². The maximum atomic E-state index is 12.5. The summed E-state index contributed by atoms with van der Waals surface area (Å²) in [4.78, 5) is 27.1. The van der Waals surface area contributed by atoms with Gasteiger partial charge in [0.05, 0.1) is 19.0 Å². The SMILES string of the molecule is CCCn1cnnc1CNC(=O)CC1C(=O)NCCN1CC1CCCCC1. The van der Waals surface area contributed by atoms with E-state index in [9.17, 15) is 9.59 Å². The summed E-state index contributed by atoms with van der Waals surface area (Å²) >= 11 is 0. The number of carbonyl (C=O) groups excluding carboxylic acids is 2. The van der Waals surface area contributed by atoms with Gasteiger partial charge >= 0.3 is 0 Å². The monoisotopic (exact) mass is 376 g/mol. The molecule has 3 rings (SSSR count). The molecule has 2 amide bonds. The number of hydrogen-bond donors (Lipinski definition) is 2. The summed E-state index contributed by atoms with van der Waals surface area (Å²) in [6, 6.07) is -0.366. The van der Waals surface area contributed by atoms with Crippen molar-refractivity contribution in [2.24, 2.45) is 5.92 Å². The molecular weight excluding hydrogens is 344 g/mol. The molecular formula is C19H32N6O2. The van der Waals surface area contributed by atoms with Gasteiger partial charge in [-0.25, -0.2) is 0 Å². The summed E-state index contributed by atoms with van der Waals surface area (Å²) in [6.07, 6.45) is 9.24. The Morgan fingerprint density at radius 2 is 2.15 bits per heavy atom. The molecule has 0 radical (unpaired) electrons. The van der Waals surface area contributed by atoms with Gasteiger partial charge in [-0.2, -0.15) is 0 Å². The number of piperazine rings is 1. The minimum Gasteiger partial charge on any atom is -0.353 e. The van der Waals surface area contributed by atoms with E-state index in [0.29, 0.717) is 19.0 Å². The number of hydrogen-bond acceptors (Lipinski definition) is 5. The van der Waals surface area contributed by atoms with E-state index in [0.717, 1.165) is 31.9 Å². The van der Waals surface area contributed by atoms with Gasteiger partial charge in [-0.05, 0) is 25.2 Å². The Hall–Kier alpha value is -1.96. The van der Waals surface area contributed by atoms with Crippen molar-refractivity contribution in [2.75, 3.05) is 19.6 Å². The molecule has 0 bridgehead atoms. The Balaban J connectivity index is 1.53. The molecule has 2 N–H and O–H groups in total. The Bertz CT molecular complexity index is 625. The lowest BCUT2D eigenvalue weighted by atomic mass is 9.88. The summed E-state index contributed by atoms with van der Waals surface area (Å²) in [5.41, 5.74) is 0. The molecule has 1 unspecified atom stereocenters. The number of amides is 2. The lowest BCUT2D eigenvalue weighted by Crippen LogP contribution is -2.57. The minimum atomic E-state index is -0.366. The zero-order chi connectivity index (χ0) is 19.1. The standard InChI is InChI=1S/C19H32N6O2/c1-2-9-25-14-22-23-17(25)12-21-18(26)11-16-19(27)20-8-10-24(16)13-15-6-4-3-5-7-15/h14-16H,2-13H2,1H3,(H,20,27)(H,21,26). The third-order valence-corrected chi connectivity index (χ3v) is 5.64. The molecule has 1 saturated carbocycles. The quantitative estimate of drug-likeness (QED) is 0.708. The Kier molecular flexibility index (Phi) is 7.20. The van der Waals surface area contributed by atoms with Crippen molar-refractivity contribution in [3.8, 4) is 0 Å². The van der Waals surface area contributed by atoms with E-state index in [2.05, 4.69) is 32.7 Å². The lowest BCUT2D eigenvalue weighted by Gasteiger charge is -2.37. The second kappa shape index (κ2) is 9.82. The first-order valence-electron chi connectivity index (χ1n) is 10.3. The Morgan fingerprint density at radius 1 is 1.33 bits per heavy atom. The second-order valence-electron chi connectivity index (χ2n) is 7.73. The number of nitrogens with one attached hydrogen (secondary N) is 2. The first kappa shape index (κ1) is 19.8. The van der Waals surface area contributed by atoms with E-state index in [1.165, 1.54) is 32.1 Å². The van der Waals surface area contributed by atoms with Crippen LogP contribution in [0.3, 0.4) is 0 Å². The smallest absolute Gasteiger partial charge is 0.237 e. The van der Waals surface area contributed by atoms with Gasteiger partial charge in [0.1, 0.15) is 6.33 Å². The fourth-order valence-corrected chi connectivity index (χ4v) is 4.17. The number of aromatic nitrogens is 3. The average Bonchev–Trinajstić information content (AvgIpc) is 3.11. The van der Waals surface area contributed by atoms with Crippen molar-refractivity contribution in [3.05, 3.63) is 12.2 Å². The zero-order valence-corrected chi connectivity index (χ0v) is 16.3. The van der Waals surface area contributed by atoms with Gasteiger partial charge in [-0.15, -0.1) is 10.2 Å². The van der Waals surface area contributed by atoms with Gasteiger partial charge in [0.15, 0.2) is 5.82 Å². The number of rotatable bonds is 8. The molecule has 1 saturated heterocycles. The third kappa shape index (κ3) is 5.51. The van der Waals surface area contributed by atoms with Crippen LogP contribution in [0, 0.1) is 5.92 Å². The van der Waals surface area contributed by atoms with Crippen LogP contribution < -0.4 is 10.6 Å². The zero-order valence-electron chi connectivity index (χ0n) is 16.3. The van der Waals surface area contributed by atoms with Gasteiger partial charge in [-0.1, -0.05) is 26.2 Å². The highest BCUT2D eigenvalue weighted by atomic mass is 16.2. The molecule has 2 heterocycles. The number of aryl methyl sites for hydroxylation is 1. The van der Waals surface area contributed by atoms with Crippen LogP contribution >= 0.6 is 0 Å². The van der Waals surface area contributed by atoms with Crippen molar-refractivity contribution in [3.63, 3.8) is 0 Å². The number of carbonyl (C=O) groups is 2. The van der Waals surface area contributed by atoms with E-state index in [1.54, 1.807) is 6.33 Å². The fourth-order valence-electron chi connectivity index (χ4n) is 4.17. The normalized spacial score (nSPS) is 21.8. The molecule has 1 aromatic rings. The average molecular weight is 377 g/mol. The van der Waals surface area contributed by atoms with Crippen LogP contribution in [0.5, 0.6) is 0 Å². The molecule has 2 fully saturated rings. The van der Waals surface area contributed by atoms with Crippen LogP contribution in [0.25, 0.3) is 0 Å². The van der Waals surface area contributed by atoms with Crippen LogP contribution in [0.2, 0.25) is 0 Å². The first-order valence-corrected chi connectivity index (χ1v) is 10.3. The maximum absolute atomic E-state index is 12.5. The molecule has 150 valence electrons. The molecule has 0 aromatic carbocycles. The molecule has 1 atom stereocenters. The van der Waals surface area contributed by atoms with Gasteiger partial charge in [0.2, 0.25) is 11.8 Å². The highest BCUT2D eigenvalue weighted by Gasteiger charge is 2.33. The van der Waals surface area contributed by atoms with Crippen molar-refractivity contribution < 1.29 is 9.59 Å². The largest absolute Gasteiger partial charge is 0.353 e. The second-order valence-corrected chi connectivity index (χ2v) is 7.73. The molecule has 2 aliphatic rings. The molecule has 27 heavy (non-hydrogen) atoms. The predicted octanol–water partition coefficient (Wildman–Crippen LogP) is 1.08. The van der Waals surface area contributed by atoms with Crippen molar-refractivity contribution >= 4 is 11.8 Å². The highest BCUT2D eigenvalue weighted by Crippen LogP contribution is 2.25. The molecule has 1 aliphatic heterocycles. The van der Waals surface area contributed by atoms with Gasteiger partial charge < -0.3 is 15.2 Å². The topological polar surface area (TPSA) is 92.1 Å². The summed E-state index contributed by atoms with van der Waals surface area (Å²) in [5.74, 6) is 1.26. The molecule has 1 aliphatic carbocycles. The van der Waals surface area contributed by atoms with Crippen molar-refractivity contribution in [2.45, 2.75) is 71.0 Å². The maximum Gasteiger partial charge on any atom is 0.237 e. The van der Waals surface area contributed by atoms with Gasteiger partial charge in [0, 0.05) is 26.2 Å². The summed E-state index contributed by atoms with van der Waals surface area (Å²) < 4.78 is 1.95. The Labute approximate surface area is 161 Å². The van der Waals surface area contributed by atoms with E-state index in [4.69, 9.17) is 0 Å². The molecule has 8 heteroatoms. The summed E-state index contributed by atoms with van der Waals surface area (Å²) in [6.45, 7) is 5.68. The summed E-state index contributed by atoms with van der Waals surface area (Å²) in [5, 5.41) is 13.8. The van der Waals surface area contributed by atoms with Crippen LogP contribution in [0.15, 0.2) is 6.33 Å². The molecule has 0 spiro atoms. The third-order valence-electron chi connectivity index (χ3n) is 5.64. The van der Waals surface area contributed by atoms with E-state index in [1.807, 2.05) is 4.57 Å². The van der Waals surface area contributed by atoms with Crippen LogP contribution in [0.1, 0.15) is 57.7 Å². The van der Waals surface area contributed by atoms with Crippen LogP contribution in [0.4, 0.5) is 0 Å². The van der Waals surface area contributed by atoms with Crippen LogP contribution in [-0.2, 0) is 22.7 Å². The van der Waals surface area contributed by atoms with Gasteiger partial charge in [0.25, 0.3) is 0 Å². The highest BCUT2D eigenvalue weighted by molar-refractivity contribution is 5.88. The van der Waals surface area contributed by atoms with E-state index < -0.39 is 0 Å². The van der Waals surface area contributed by atoms with Crippen LogP contribution in [-0.4, -0.2) is 57.2 Å². The molecule has 8 nitrogen and oxygen atoms in total. The van der Waals surface area contributed by atoms with Crippen molar-refractivity contribution in [1.29, 1.82) is 0 Å². The predicted molar refractivity (Wildman–Crippen MR) is 102 cm³/mol. The Morgan fingerprint density at radius 3 is 2.93 bits per heavy atom. The van der Waals surface area contributed by atoms with E-state index >= 15 is 0 Å². The van der Waals surface area contributed by atoms with Crippen molar-refractivity contribution in [1.82, 2.24) is 30.3 Å². The van der Waals surface area contributed by atoms with E-state index in [-0.39, 0.29) is 24.3 Å². The molecule has 1 aromatic heterocycles. The lowest BCUT2D eigenvalue weighted by molar-refractivity contribution is -0.134. The fraction of sp³-hybridized carbons (Fsp3) is 0.789. The summed E-state index contributed by atoms with van der Waals surface area (Å²) in [7, 11) is 0. The minimum absolute atomic E-state index is 0.0265. The number of nitrogens with zero attached hydrogens (tertiary/aromatic N) is 4. The first-order chi connectivity index (χ1) is 13.2.